The quantitative estimate of drug-likeness (QED) is 0.244. The molecule has 0 aliphatic carbocycles. The number of phenols is 2. The van der Waals surface area contributed by atoms with Gasteiger partial charge in [-0.2, -0.15) is 0 Å². The molecule has 4 rings (SSSR count). The summed E-state index contributed by atoms with van der Waals surface area (Å²) in [6.45, 7) is 15.8. The Labute approximate surface area is 220 Å². The Bertz CT molecular complexity index is 1100. The predicted octanol–water partition coefficient (Wildman–Crippen LogP) is 8.32. The molecule has 0 aliphatic rings. The third-order valence-corrected chi connectivity index (χ3v) is 5.51. The van der Waals surface area contributed by atoms with Gasteiger partial charge in [-0.3, -0.25) is 0 Å². The number of phenolic OH excluding ortho intramolecular Hbond substituents is 2. The lowest BCUT2D eigenvalue weighted by molar-refractivity contribution is -0.0627. The van der Waals surface area contributed by atoms with Gasteiger partial charge in [0.05, 0.1) is 0 Å². The van der Waals surface area contributed by atoms with Crippen LogP contribution in [-0.4, -0.2) is 10.2 Å². The van der Waals surface area contributed by atoms with Crippen LogP contribution in [0.3, 0.4) is 0 Å². The molecule has 3 heteroatoms. The highest BCUT2D eigenvalue weighted by Crippen LogP contribution is 2.39. The second-order valence-electron chi connectivity index (χ2n) is 7.91. The topological polar surface area (TPSA) is 49.7 Å². The van der Waals surface area contributed by atoms with E-state index in [9.17, 15) is 0 Å². The number of benzene rings is 4. The van der Waals surface area contributed by atoms with Gasteiger partial charge in [-0.15, -0.1) is 0 Å². The summed E-state index contributed by atoms with van der Waals surface area (Å²) in [5.74, 6) is 0.644. The molecule has 0 amide bonds. The Morgan fingerprint density at radius 2 is 0.676 bits per heavy atom. The molecule has 0 saturated heterocycles. The van der Waals surface area contributed by atoms with Crippen molar-refractivity contribution in [2.45, 2.75) is 11.2 Å². The largest absolute Gasteiger partial charge is 0.508 e. The Kier molecular flexibility index (Phi) is 11.4. The molecular weight excluding hydrogens is 456 g/mol. The van der Waals surface area contributed by atoms with Crippen molar-refractivity contribution in [3.63, 3.8) is 0 Å². The third-order valence-electron chi connectivity index (χ3n) is 5.51. The second kappa shape index (κ2) is 14.7. The van der Waals surface area contributed by atoms with E-state index in [0.717, 1.165) is 11.1 Å². The first-order valence-electron chi connectivity index (χ1n) is 11.8. The average molecular weight is 491 g/mol. The van der Waals surface area contributed by atoms with Gasteiger partial charge >= 0.3 is 0 Å². The molecule has 2 N–H and O–H groups in total. The van der Waals surface area contributed by atoms with E-state index in [1.165, 1.54) is 0 Å². The molecule has 0 bridgehead atoms. The Morgan fingerprint density at radius 3 is 0.865 bits per heavy atom. The van der Waals surface area contributed by atoms with E-state index in [0.29, 0.717) is 11.5 Å². The van der Waals surface area contributed by atoms with Crippen molar-refractivity contribution in [2.24, 2.45) is 0 Å². The van der Waals surface area contributed by atoms with Crippen molar-refractivity contribution in [2.75, 3.05) is 0 Å². The summed E-state index contributed by atoms with van der Waals surface area (Å²) in [4.78, 5) is 0. The van der Waals surface area contributed by atoms with Gasteiger partial charge in [0.25, 0.3) is 0 Å². The Morgan fingerprint density at radius 1 is 0.432 bits per heavy atom. The Balaban J connectivity index is 0.000000276. The van der Waals surface area contributed by atoms with Gasteiger partial charge in [0.1, 0.15) is 22.7 Å². The van der Waals surface area contributed by atoms with Gasteiger partial charge in [0.2, 0.25) is 0 Å². The summed E-state index contributed by atoms with van der Waals surface area (Å²) in [5, 5.41) is 17.3. The van der Waals surface area contributed by atoms with Crippen LogP contribution < -0.4 is 0 Å². The van der Waals surface area contributed by atoms with Crippen LogP contribution in [0.2, 0.25) is 0 Å². The number of para-hydroxylation sites is 2. The molecule has 0 aromatic heterocycles. The molecule has 0 radical (unpaired) electrons. The van der Waals surface area contributed by atoms with Gasteiger partial charge in [-0.1, -0.05) is 148 Å². The smallest absolute Gasteiger partial charge is 0.131 e. The van der Waals surface area contributed by atoms with Crippen LogP contribution in [0, 0.1) is 0 Å². The predicted molar refractivity (Wildman–Crippen MR) is 154 cm³/mol. The molecule has 0 spiro atoms. The molecule has 0 aliphatic heterocycles. The van der Waals surface area contributed by atoms with Crippen molar-refractivity contribution < 1.29 is 14.9 Å². The first-order chi connectivity index (χ1) is 17.9. The maximum atomic E-state index is 8.63. The van der Waals surface area contributed by atoms with Gasteiger partial charge in [0, 0.05) is 0 Å². The third kappa shape index (κ3) is 8.24. The summed E-state index contributed by atoms with van der Waals surface area (Å²) in [5.41, 5.74) is 0.210. The Hall–Kier alpha value is -4.60. The van der Waals surface area contributed by atoms with Crippen LogP contribution in [0.4, 0.5) is 0 Å². The SMILES string of the molecule is C=CC(C=C)(OC(C=C)(C=C)c1ccccc1)c1ccccc1.Oc1ccccc1.Oc1ccccc1. The molecule has 0 fully saturated rings. The lowest BCUT2D eigenvalue weighted by Crippen LogP contribution is -2.36. The highest BCUT2D eigenvalue weighted by Gasteiger charge is 2.37. The molecule has 188 valence electrons. The molecule has 4 aromatic carbocycles. The fraction of sp³-hybridized carbons (Fsp3) is 0.0588. The molecule has 37 heavy (non-hydrogen) atoms. The summed E-state index contributed by atoms with van der Waals surface area (Å²) in [6, 6.07) is 37.2. The summed E-state index contributed by atoms with van der Waals surface area (Å²) in [6.07, 6.45) is 7.00. The molecule has 0 heterocycles. The van der Waals surface area contributed by atoms with Gasteiger partial charge < -0.3 is 14.9 Å². The zero-order chi connectivity index (χ0) is 27.0. The van der Waals surface area contributed by atoms with Gasteiger partial charge in [-0.05, 0) is 35.4 Å². The van der Waals surface area contributed by atoms with Crippen LogP contribution in [0.1, 0.15) is 11.1 Å². The van der Waals surface area contributed by atoms with Crippen LogP contribution in [0.5, 0.6) is 11.5 Å². The summed E-state index contributed by atoms with van der Waals surface area (Å²) >= 11 is 0. The minimum Gasteiger partial charge on any atom is -0.508 e. The monoisotopic (exact) mass is 490 g/mol. The standard InChI is InChI=1S/C22H22O.2C6H6O/c1-5-21(6-2,19-15-11-9-12-16-19)23-22(7-3,8-4)20-17-13-10-14-18-20;2*7-6-4-2-1-3-5-6/h5-18H,1-4H2;2*1-5,7H. The minimum absolute atomic E-state index is 0.322. The fourth-order valence-electron chi connectivity index (χ4n) is 3.46. The number of ether oxygens (including phenoxy) is 1. The summed E-state index contributed by atoms with van der Waals surface area (Å²) < 4.78 is 6.52. The number of hydrogen-bond acceptors (Lipinski definition) is 3. The van der Waals surface area contributed by atoms with E-state index < -0.39 is 11.2 Å². The molecule has 3 nitrogen and oxygen atoms in total. The van der Waals surface area contributed by atoms with Crippen molar-refractivity contribution >= 4 is 0 Å². The van der Waals surface area contributed by atoms with E-state index in [4.69, 9.17) is 14.9 Å². The van der Waals surface area contributed by atoms with E-state index in [-0.39, 0.29) is 0 Å². The zero-order valence-electron chi connectivity index (χ0n) is 21.0. The molecule has 0 atom stereocenters. The number of rotatable bonds is 8. The van der Waals surface area contributed by atoms with E-state index in [2.05, 4.69) is 26.3 Å². The lowest BCUT2D eigenvalue weighted by atomic mass is 9.88. The van der Waals surface area contributed by atoms with Crippen LogP contribution in [0.15, 0.2) is 172 Å². The molecule has 0 unspecified atom stereocenters. The number of aromatic hydroxyl groups is 2. The van der Waals surface area contributed by atoms with Crippen molar-refractivity contribution in [1.82, 2.24) is 0 Å². The average Bonchev–Trinajstić information content (AvgIpc) is 2.97. The van der Waals surface area contributed by atoms with Crippen LogP contribution in [-0.2, 0) is 15.9 Å². The highest BCUT2D eigenvalue weighted by atomic mass is 16.5. The van der Waals surface area contributed by atoms with Crippen molar-refractivity contribution in [1.29, 1.82) is 0 Å². The first-order valence-corrected chi connectivity index (χ1v) is 11.8. The molecule has 4 aromatic rings. The maximum Gasteiger partial charge on any atom is 0.131 e. The van der Waals surface area contributed by atoms with E-state index >= 15 is 0 Å². The first kappa shape index (κ1) is 28.6. The maximum absolute atomic E-state index is 8.63. The molecular formula is C34H34O3. The normalized spacial score (nSPS) is 10.4. The minimum atomic E-state index is -0.848. The summed E-state index contributed by atoms with van der Waals surface area (Å²) in [7, 11) is 0. The molecule has 0 saturated carbocycles. The van der Waals surface area contributed by atoms with Crippen LogP contribution in [0.25, 0.3) is 0 Å². The van der Waals surface area contributed by atoms with E-state index in [1.807, 2.05) is 72.8 Å². The lowest BCUT2D eigenvalue weighted by Gasteiger charge is -2.38. The van der Waals surface area contributed by atoms with E-state index in [1.54, 1.807) is 72.8 Å². The highest BCUT2D eigenvalue weighted by molar-refractivity contribution is 5.37. The van der Waals surface area contributed by atoms with Gasteiger partial charge in [-0.25, -0.2) is 0 Å². The van der Waals surface area contributed by atoms with Gasteiger partial charge in [0.15, 0.2) is 0 Å². The second-order valence-corrected chi connectivity index (χ2v) is 7.91. The van der Waals surface area contributed by atoms with Crippen molar-refractivity contribution in [3.05, 3.63) is 183 Å². The number of hydrogen-bond donors (Lipinski definition) is 2. The fourth-order valence-corrected chi connectivity index (χ4v) is 3.46. The van der Waals surface area contributed by atoms with Crippen LogP contribution >= 0.6 is 0 Å². The van der Waals surface area contributed by atoms with Crippen molar-refractivity contribution in [3.8, 4) is 11.5 Å². The zero-order valence-corrected chi connectivity index (χ0v) is 21.0.